The van der Waals surface area contributed by atoms with Crippen LogP contribution in [0.2, 0.25) is 0 Å². The number of benzene rings is 2. The number of hydrogen-bond acceptors (Lipinski definition) is 6. The lowest BCUT2D eigenvalue weighted by Crippen LogP contribution is -2.66. The van der Waals surface area contributed by atoms with Crippen molar-refractivity contribution in [3.63, 3.8) is 0 Å². The number of halogens is 2. The summed E-state index contributed by atoms with van der Waals surface area (Å²) < 4.78 is 37.8. The number of aromatic nitrogens is 4. The van der Waals surface area contributed by atoms with Crippen LogP contribution in [0.4, 0.5) is 14.7 Å². The van der Waals surface area contributed by atoms with E-state index in [2.05, 4.69) is 19.9 Å². The zero-order valence-corrected chi connectivity index (χ0v) is 18.6. The van der Waals surface area contributed by atoms with Gasteiger partial charge < -0.3 is 18.9 Å². The molecule has 0 saturated carbocycles. The lowest BCUT2D eigenvalue weighted by molar-refractivity contribution is -0.127. The van der Waals surface area contributed by atoms with Crippen molar-refractivity contribution in [1.82, 2.24) is 19.5 Å². The summed E-state index contributed by atoms with van der Waals surface area (Å²) in [4.78, 5) is 16.0. The van der Waals surface area contributed by atoms with Gasteiger partial charge >= 0.3 is 6.61 Å². The number of nitrogens with zero attached hydrogens (tertiary/aromatic N) is 5. The molecule has 2 aromatic carbocycles. The van der Waals surface area contributed by atoms with Crippen molar-refractivity contribution in [1.29, 1.82) is 0 Å². The molecule has 2 aromatic heterocycles. The van der Waals surface area contributed by atoms with E-state index in [1.807, 2.05) is 48.1 Å². The van der Waals surface area contributed by atoms with Crippen LogP contribution in [0.25, 0.3) is 22.2 Å². The van der Waals surface area contributed by atoms with Crippen LogP contribution >= 0.6 is 0 Å². The number of aryl methyl sites for hydroxylation is 1. The summed E-state index contributed by atoms with van der Waals surface area (Å²) in [6.07, 6.45) is 3.68. The molecule has 7 nitrogen and oxygen atoms in total. The summed E-state index contributed by atoms with van der Waals surface area (Å²) in [5, 5.41) is 0. The van der Waals surface area contributed by atoms with E-state index >= 15 is 0 Å². The molecule has 0 N–H and O–H groups in total. The van der Waals surface area contributed by atoms with Gasteiger partial charge in [-0.1, -0.05) is 24.3 Å². The lowest BCUT2D eigenvalue weighted by atomic mass is 9.78. The smallest absolute Gasteiger partial charge is 0.387 e. The quantitative estimate of drug-likeness (QED) is 0.425. The summed E-state index contributed by atoms with van der Waals surface area (Å²) >= 11 is 0. The Balaban J connectivity index is 1.28. The van der Waals surface area contributed by atoms with Gasteiger partial charge in [-0.25, -0.2) is 15.0 Å². The van der Waals surface area contributed by atoms with E-state index in [0.717, 1.165) is 60.2 Å². The lowest BCUT2D eigenvalue weighted by Gasteiger charge is -2.54. The maximum Gasteiger partial charge on any atom is 0.387 e. The van der Waals surface area contributed by atoms with Crippen LogP contribution in [0, 0.1) is 12.3 Å². The molecule has 1 spiro atoms. The number of fused-ring (bicyclic) bond motifs is 1. The van der Waals surface area contributed by atoms with Crippen LogP contribution in [0.5, 0.6) is 5.75 Å². The van der Waals surface area contributed by atoms with Crippen LogP contribution in [0.1, 0.15) is 11.4 Å². The minimum atomic E-state index is -2.87. The fourth-order valence-electron chi connectivity index (χ4n) is 4.75. The normalized spacial score (nSPS) is 16.6. The largest absolute Gasteiger partial charge is 0.434 e. The second kappa shape index (κ2) is 8.02. The highest BCUT2D eigenvalue weighted by molar-refractivity contribution is 5.82. The van der Waals surface area contributed by atoms with E-state index in [9.17, 15) is 8.78 Å². The number of ether oxygens (including phenoxy) is 2. The standard InChI is InChI=1S/C25H23F2N5O2/c1-16-30-20-7-6-17(19-9-28-24(29-10-19)31-12-25(13-31)14-33-15-25)8-21(20)32(16)11-18-4-2-3-5-22(18)34-23(26)27/h2-10,23H,11-15H2,1H3. The van der Waals surface area contributed by atoms with Crippen LogP contribution < -0.4 is 9.64 Å². The Morgan fingerprint density at radius 1 is 1.06 bits per heavy atom. The van der Waals surface area contributed by atoms with Crippen molar-refractivity contribution < 1.29 is 18.3 Å². The Bertz CT molecular complexity index is 1340. The van der Waals surface area contributed by atoms with E-state index < -0.39 is 6.61 Å². The van der Waals surface area contributed by atoms with E-state index in [0.29, 0.717) is 17.5 Å². The fraction of sp³-hybridized carbons (Fsp3) is 0.320. The average molecular weight is 463 g/mol. The zero-order chi connectivity index (χ0) is 23.3. The van der Waals surface area contributed by atoms with Gasteiger partial charge in [-0.2, -0.15) is 8.78 Å². The first-order chi connectivity index (χ1) is 16.5. The maximum absolute atomic E-state index is 12.9. The first kappa shape index (κ1) is 21.0. The van der Waals surface area contributed by atoms with Crippen LogP contribution in [-0.4, -0.2) is 52.4 Å². The first-order valence-electron chi connectivity index (χ1n) is 11.1. The minimum Gasteiger partial charge on any atom is -0.434 e. The molecule has 2 saturated heterocycles. The van der Waals surface area contributed by atoms with E-state index in [1.165, 1.54) is 0 Å². The highest BCUT2D eigenvalue weighted by atomic mass is 19.3. The highest BCUT2D eigenvalue weighted by Crippen LogP contribution is 2.39. The van der Waals surface area contributed by atoms with Gasteiger partial charge in [-0.3, -0.25) is 0 Å². The number of rotatable bonds is 6. The van der Waals surface area contributed by atoms with Crippen LogP contribution in [-0.2, 0) is 11.3 Å². The molecule has 4 aromatic rings. The van der Waals surface area contributed by atoms with Crippen molar-refractivity contribution >= 4 is 17.0 Å². The summed E-state index contributed by atoms with van der Waals surface area (Å²) in [7, 11) is 0. The van der Waals surface area contributed by atoms with Crippen molar-refractivity contribution in [3.8, 4) is 16.9 Å². The molecule has 174 valence electrons. The maximum atomic E-state index is 12.9. The molecule has 9 heteroatoms. The predicted octanol–water partition coefficient (Wildman–Crippen LogP) is 4.29. The van der Waals surface area contributed by atoms with Crippen molar-refractivity contribution in [2.75, 3.05) is 31.2 Å². The summed E-state index contributed by atoms with van der Waals surface area (Å²) in [6.45, 7) is 2.92. The third kappa shape index (κ3) is 3.66. The average Bonchev–Trinajstić information content (AvgIpc) is 3.08. The van der Waals surface area contributed by atoms with Gasteiger partial charge in [0.2, 0.25) is 5.95 Å². The van der Waals surface area contributed by atoms with Crippen LogP contribution in [0.3, 0.4) is 0 Å². The fourth-order valence-corrected chi connectivity index (χ4v) is 4.75. The Morgan fingerprint density at radius 3 is 2.53 bits per heavy atom. The molecular formula is C25H23F2N5O2. The predicted molar refractivity (Wildman–Crippen MR) is 123 cm³/mol. The van der Waals surface area contributed by atoms with Crippen molar-refractivity contribution in [2.24, 2.45) is 5.41 Å². The molecule has 0 unspecified atom stereocenters. The molecule has 0 atom stereocenters. The number of alkyl halides is 2. The molecule has 0 bridgehead atoms. The summed E-state index contributed by atoms with van der Waals surface area (Å²) in [5.74, 6) is 1.69. The molecule has 0 amide bonds. The van der Waals surface area contributed by atoms with Crippen molar-refractivity contribution in [2.45, 2.75) is 20.1 Å². The molecule has 0 aliphatic carbocycles. The number of para-hydroxylation sites is 1. The Kier molecular flexibility index (Phi) is 4.95. The molecule has 2 fully saturated rings. The van der Waals surface area contributed by atoms with Crippen LogP contribution in [0.15, 0.2) is 54.9 Å². The SMILES string of the molecule is Cc1nc2ccc(-c3cnc(N4CC5(COC5)C4)nc3)cc2n1Cc1ccccc1OC(F)F. The zero-order valence-electron chi connectivity index (χ0n) is 18.6. The number of hydrogen-bond donors (Lipinski definition) is 0. The number of imidazole rings is 1. The Labute approximate surface area is 195 Å². The van der Waals surface area contributed by atoms with E-state index in [1.54, 1.807) is 18.2 Å². The monoisotopic (exact) mass is 463 g/mol. The topological polar surface area (TPSA) is 65.3 Å². The third-order valence-electron chi connectivity index (χ3n) is 6.58. The van der Waals surface area contributed by atoms with Gasteiger partial charge in [0.15, 0.2) is 0 Å². The third-order valence-corrected chi connectivity index (χ3v) is 6.58. The highest BCUT2D eigenvalue weighted by Gasteiger charge is 2.49. The van der Waals surface area contributed by atoms with Gasteiger partial charge in [0.05, 0.1) is 36.2 Å². The van der Waals surface area contributed by atoms with E-state index in [4.69, 9.17) is 9.47 Å². The van der Waals surface area contributed by atoms with Gasteiger partial charge in [0, 0.05) is 36.6 Å². The van der Waals surface area contributed by atoms with Crippen molar-refractivity contribution in [3.05, 3.63) is 66.2 Å². The Hall–Kier alpha value is -3.59. The number of anilines is 1. The van der Waals surface area contributed by atoms with Gasteiger partial charge in [0.25, 0.3) is 0 Å². The molecule has 4 heterocycles. The Morgan fingerprint density at radius 2 is 1.82 bits per heavy atom. The van der Waals surface area contributed by atoms with Gasteiger partial charge in [-0.15, -0.1) is 0 Å². The second-order valence-corrected chi connectivity index (χ2v) is 9.06. The molecule has 2 aliphatic rings. The van der Waals surface area contributed by atoms with Gasteiger partial charge in [0.1, 0.15) is 11.6 Å². The summed E-state index contributed by atoms with van der Waals surface area (Å²) in [6, 6.07) is 12.8. The molecule has 2 aliphatic heterocycles. The molecular weight excluding hydrogens is 440 g/mol. The minimum absolute atomic E-state index is 0.167. The summed E-state index contributed by atoms with van der Waals surface area (Å²) in [5.41, 5.74) is 4.57. The second-order valence-electron chi connectivity index (χ2n) is 9.06. The molecule has 0 radical (unpaired) electrons. The first-order valence-corrected chi connectivity index (χ1v) is 11.1. The molecule has 34 heavy (non-hydrogen) atoms. The molecule has 6 rings (SSSR count). The van der Waals surface area contributed by atoms with E-state index in [-0.39, 0.29) is 5.75 Å². The van der Waals surface area contributed by atoms with Gasteiger partial charge in [-0.05, 0) is 30.7 Å².